The van der Waals surface area contributed by atoms with E-state index in [-0.39, 0.29) is 22.8 Å². The monoisotopic (exact) mass is 465 g/mol. The maximum atomic E-state index is 12.3. The van der Waals surface area contributed by atoms with Crippen molar-refractivity contribution in [3.63, 3.8) is 0 Å². The third kappa shape index (κ3) is 5.90. The highest BCUT2D eigenvalue weighted by Gasteiger charge is 2.18. The van der Waals surface area contributed by atoms with Crippen molar-refractivity contribution >= 4 is 46.6 Å². The number of nitrogens with zero attached hydrogens (tertiary/aromatic N) is 2. The molecule has 0 spiro atoms. The van der Waals surface area contributed by atoms with Gasteiger partial charge in [-0.15, -0.1) is 10.2 Å². The quantitative estimate of drug-likeness (QED) is 0.389. The number of thioether (sulfide) groups is 1. The van der Waals surface area contributed by atoms with E-state index in [4.69, 9.17) is 32.4 Å². The number of nitrogens with one attached hydrogen (secondary N) is 1. The Morgan fingerprint density at radius 3 is 2.67 bits per heavy atom. The zero-order valence-electron chi connectivity index (χ0n) is 16.7. The molecule has 0 aliphatic rings. The number of hydrogen-bond donors (Lipinski definition) is 1. The van der Waals surface area contributed by atoms with Crippen molar-refractivity contribution in [2.75, 3.05) is 11.1 Å². The average molecular weight is 466 g/mol. The van der Waals surface area contributed by atoms with Crippen LogP contribution in [0, 0.1) is 0 Å². The van der Waals surface area contributed by atoms with Crippen LogP contribution in [0.4, 0.5) is 5.69 Å². The minimum atomic E-state index is -0.516. The first-order valence-corrected chi connectivity index (χ1v) is 11.0. The lowest BCUT2D eigenvalue weighted by atomic mass is 10.0. The van der Waals surface area contributed by atoms with E-state index in [0.717, 1.165) is 23.0 Å². The number of benzene rings is 2. The van der Waals surface area contributed by atoms with Crippen LogP contribution in [0.25, 0.3) is 0 Å². The number of ether oxygens (including phenoxy) is 1. The van der Waals surface area contributed by atoms with E-state index >= 15 is 0 Å². The van der Waals surface area contributed by atoms with Gasteiger partial charge in [0.15, 0.2) is 6.10 Å². The molecule has 1 amide bonds. The smallest absolute Gasteiger partial charge is 0.277 e. The van der Waals surface area contributed by atoms with Crippen molar-refractivity contribution in [2.45, 2.75) is 38.0 Å². The first-order valence-electron chi connectivity index (χ1n) is 9.30. The highest BCUT2D eigenvalue weighted by molar-refractivity contribution is 7.99. The van der Waals surface area contributed by atoms with E-state index in [1.165, 1.54) is 0 Å². The predicted octanol–water partition coefficient (Wildman–Crippen LogP) is 6.37. The Bertz CT molecular complexity index is 1030. The molecule has 1 aromatic heterocycles. The van der Waals surface area contributed by atoms with Crippen molar-refractivity contribution in [1.82, 2.24) is 10.2 Å². The average Bonchev–Trinajstić information content (AvgIpc) is 3.18. The molecule has 0 saturated heterocycles. The number of carbonyl (C=O) groups excluding carboxylic acids is 1. The summed E-state index contributed by atoms with van der Waals surface area (Å²) in [7, 11) is 0. The van der Waals surface area contributed by atoms with Crippen LogP contribution in [0.5, 0.6) is 5.75 Å². The van der Waals surface area contributed by atoms with Crippen LogP contribution < -0.4 is 10.1 Å². The molecule has 3 rings (SSSR count). The molecule has 0 aliphatic carbocycles. The van der Waals surface area contributed by atoms with Crippen LogP contribution >= 0.6 is 35.0 Å². The molecule has 0 unspecified atom stereocenters. The molecular formula is C21H21Cl2N3O3S. The summed E-state index contributed by atoms with van der Waals surface area (Å²) in [5.74, 6) is 1.05. The largest absolute Gasteiger partial charge is 0.479 e. The second-order valence-corrected chi connectivity index (χ2v) is 8.59. The van der Waals surface area contributed by atoms with Gasteiger partial charge in [-0.2, -0.15) is 0 Å². The SMILES string of the molecule is CC(C)c1ccccc1NC(=O)CSc1nnc([C@H](C)Oc2ccc(Cl)cc2Cl)o1. The van der Waals surface area contributed by atoms with E-state index in [2.05, 4.69) is 29.4 Å². The summed E-state index contributed by atoms with van der Waals surface area (Å²) in [5.41, 5.74) is 1.90. The molecule has 1 heterocycles. The van der Waals surface area contributed by atoms with Gasteiger partial charge in [-0.25, -0.2) is 0 Å². The predicted molar refractivity (Wildman–Crippen MR) is 120 cm³/mol. The van der Waals surface area contributed by atoms with Gasteiger partial charge in [-0.05, 0) is 42.7 Å². The minimum Gasteiger partial charge on any atom is -0.479 e. The molecule has 0 saturated carbocycles. The van der Waals surface area contributed by atoms with Crippen molar-refractivity contribution in [2.24, 2.45) is 0 Å². The Balaban J connectivity index is 1.56. The Hall–Kier alpha value is -2.22. The summed E-state index contributed by atoms with van der Waals surface area (Å²) < 4.78 is 11.4. The first-order chi connectivity index (χ1) is 14.3. The maximum Gasteiger partial charge on any atom is 0.277 e. The maximum absolute atomic E-state index is 12.3. The zero-order chi connectivity index (χ0) is 21.7. The van der Waals surface area contributed by atoms with Crippen LogP contribution in [0.2, 0.25) is 10.0 Å². The molecule has 3 aromatic rings. The summed E-state index contributed by atoms with van der Waals surface area (Å²) in [6, 6.07) is 12.7. The summed E-state index contributed by atoms with van der Waals surface area (Å²) in [6.07, 6.45) is -0.516. The fourth-order valence-electron chi connectivity index (χ4n) is 2.68. The normalized spacial score (nSPS) is 12.1. The van der Waals surface area contributed by atoms with Crippen LogP contribution in [0.15, 0.2) is 52.1 Å². The fourth-order valence-corrected chi connectivity index (χ4v) is 3.71. The zero-order valence-corrected chi connectivity index (χ0v) is 19.0. The fraction of sp³-hybridized carbons (Fsp3) is 0.286. The number of para-hydroxylation sites is 1. The van der Waals surface area contributed by atoms with Gasteiger partial charge in [0.25, 0.3) is 11.1 Å². The second kappa shape index (κ2) is 10.2. The van der Waals surface area contributed by atoms with Crippen molar-refractivity contribution in [3.05, 3.63) is 64.0 Å². The molecular weight excluding hydrogens is 445 g/mol. The minimum absolute atomic E-state index is 0.145. The number of rotatable bonds is 8. The molecule has 0 radical (unpaired) electrons. The standard InChI is InChI=1S/C21H21Cl2N3O3S/c1-12(2)15-6-4-5-7-17(15)24-19(27)11-30-21-26-25-20(29-21)13(3)28-18-9-8-14(22)10-16(18)23/h4-10,12-13H,11H2,1-3H3,(H,24,27)/t13-/m0/s1. The van der Waals surface area contributed by atoms with Gasteiger partial charge in [0.1, 0.15) is 5.75 Å². The van der Waals surface area contributed by atoms with E-state index in [1.807, 2.05) is 24.3 Å². The van der Waals surface area contributed by atoms with Crippen LogP contribution in [-0.4, -0.2) is 21.9 Å². The van der Waals surface area contributed by atoms with Gasteiger partial charge in [-0.1, -0.05) is 67.0 Å². The molecule has 9 heteroatoms. The third-order valence-electron chi connectivity index (χ3n) is 4.15. The number of hydrogen-bond acceptors (Lipinski definition) is 6. The molecule has 30 heavy (non-hydrogen) atoms. The number of halogens is 2. The van der Waals surface area contributed by atoms with Crippen molar-refractivity contribution in [1.29, 1.82) is 0 Å². The molecule has 0 fully saturated rings. The van der Waals surface area contributed by atoms with E-state index in [9.17, 15) is 4.79 Å². The van der Waals surface area contributed by atoms with Crippen molar-refractivity contribution in [3.8, 4) is 5.75 Å². The Morgan fingerprint density at radius 1 is 1.17 bits per heavy atom. The van der Waals surface area contributed by atoms with Gasteiger partial charge in [0.2, 0.25) is 5.91 Å². The van der Waals surface area contributed by atoms with Gasteiger partial charge in [0.05, 0.1) is 10.8 Å². The molecule has 6 nitrogen and oxygen atoms in total. The Morgan fingerprint density at radius 2 is 1.93 bits per heavy atom. The molecule has 158 valence electrons. The Kier molecular flexibility index (Phi) is 7.64. The number of aromatic nitrogens is 2. The van der Waals surface area contributed by atoms with Crippen LogP contribution in [0.3, 0.4) is 0 Å². The lowest BCUT2D eigenvalue weighted by Gasteiger charge is -2.13. The van der Waals surface area contributed by atoms with Gasteiger partial charge >= 0.3 is 0 Å². The number of amides is 1. The highest BCUT2D eigenvalue weighted by atomic mass is 35.5. The topological polar surface area (TPSA) is 77.2 Å². The molecule has 2 aromatic carbocycles. The van der Waals surface area contributed by atoms with Gasteiger partial charge in [-0.3, -0.25) is 4.79 Å². The molecule has 1 atom stereocenters. The third-order valence-corrected chi connectivity index (χ3v) is 5.50. The molecule has 0 bridgehead atoms. The van der Waals surface area contributed by atoms with E-state index in [0.29, 0.717) is 21.7 Å². The number of anilines is 1. The molecule has 0 aliphatic heterocycles. The van der Waals surface area contributed by atoms with Crippen molar-refractivity contribution < 1.29 is 13.9 Å². The van der Waals surface area contributed by atoms with E-state index < -0.39 is 6.10 Å². The first kappa shape index (κ1) is 22.5. The summed E-state index contributed by atoms with van der Waals surface area (Å²) >= 11 is 13.2. The summed E-state index contributed by atoms with van der Waals surface area (Å²) in [5, 5.41) is 12.1. The molecule has 1 N–H and O–H groups in total. The summed E-state index contributed by atoms with van der Waals surface area (Å²) in [4.78, 5) is 12.3. The van der Waals surface area contributed by atoms with Crippen LogP contribution in [0.1, 0.15) is 44.2 Å². The second-order valence-electron chi connectivity index (χ2n) is 6.82. The Labute approximate surface area is 189 Å². The van der Waals surface area contributed by atoms with Gasteiger partial charge < -0.3 is 14.5 Å². The lowest BCUT2D eigenvalue weighted by molar-refractivity contribution is -0.113. The highest BCUT2D eigenvalue weighted by Crippen LogP contribution is 2.31. The summed E-state index contributed by atoms with van der Waals surface area (Å²) in [6.45, 7) is 5.93. The lowest BCUT2D eigenvalue weighted by Crippen LogP contribution is -2.15. The van der Waals surface area contributed by atoms with Crippen LogP contribution in [-0.2, 0) is 4.79 Å². The number of carbonyl (C=O) groups is 1. The van der Waals surface area contributed by atoms with E-state index in [1.54, 1.807) is 25.1 Å². The van der Waals surface area contributed by atoms with Gasteiger partial charge in [0, 0.05) is 10.7 Å².